The smallest absolute Gasteiger partial charge is 0.316 e. The summed E-state index contributed by atoms with van der Waals surface area (Å²) in [7, 11) is -7.17. The van der Waals surface area contributed by atoms with Gasteiger partial charge in [-0.05, 0) is 24.6 Å². The lowest BCUT2D eigenvalue weighted by Gasteiger charge is -2.04. The summed E-state index contributed by atoms with van der Waals surface area (Å²) in [4.78, 5) is 3.91. The fraction of sp³-hybridized carbons (Fsp3) is 0.364. The minimum atomic E-state index is -3.88. The topological polar surface area (TPSA) is 120 Å². The van der Waals surface area contributed by atoms with Crippen molar-refractivity contribution in [3.05, 3.63) is 18.2 Å². The molecular weight excluding hydrogens is 304 g/mol. The van der Waals surface area contributed by atoms with E-state index in [4.69, 9.17) is 10.2 Å². The van der Waals surface area contributed by atoms with Crippen LogP contribution in [0.2, 0.25) is 0 Å². The van der Waals surface area contributed by atoms with Gasteiger partial charge in [-0.1, -0.05) is 0 Å². The summed E-state index contributed by atoms with van der Waals surface area (Å²) < 4.78 is 52.7. The molecule has 20 heavy (non-hydrogen) atoms. The molecule has 2 N–H and O–H groups in total. The van der Waals surface area contributed by atoms with Crippen molar-refractivity contribution >= 4 is 36.5 Å². The van der Waals surface area contributed by atoms with Crippen LogP contribution in [0.1, 0.15) is 6.42 Å². The SMILES string of the molecule is Nc1ccc2oc(S(=O)(=O)C3CCS(=O)(=O)C3)nc2c1. The Balaban J connectivity index is 2.05. The molecule has 0 bridgehead atoms. The monoisotopic (exact) mass is 316 g/mol. The van der Waals surface area contributed by atoms with Crippen LogP contribution in [-0.4, -0.2) is 38.6 Å². The van der Waals surface area contributed by atoms with E-state index in [9.17, 15) is 16.8 Å². The number of benzene rings is 1. The van der Waals surface area contributed by atoms with Crippen LogP contribution in [0.25, 0.3) is 11.1 Å². The maximum Gasteiger partial charge on any atom is 0.316 e. The van der Waals surface area contributed by atoms with Gasteiger partial charge in [0, 0.05) is 5.69 Å². The standard InChI is InChI=1S/C11H12N2O5S2/c12-7-1-2-10-9(5-7)13-11(18-10)20(16,17)8-3-4-19(14,15)6-8/h1-2,5,8H,3-4,6,12H2. The minimum absolute atomic E-state index is 0.0749. The van der Waals surface area contributed by atoms with Crippen LogP contribution in [0.3, 0.4) is 0 Å². The fourth-order valence-corrected chi connectivity index (χ4v) is 6.37. The Hall–Kier alpha value is -1.61. The summed E-state index contributed by atoms with van der Waals surface area (Å²) in [5.41, 5.74) is 6.67. The Morgan fingerprint density at radius 3 is 2.75 bits per heavy atom. The molecule has 1 fully saturated rings. The van der Waals surface area contributed by atoms with Crippen LogP contribution in [-0.2, 0) is 19.7 Å². The Labute approximate surface area is 115 Å². The second-order valence-corrected chi connectivity index (χ2v) is 9.11. The number of sulfone groups is 2. The van der Waals surface area contributed by atoms with E-state index in [-0.39, 0.29) is 17.9 Å². The van der Waals surface area contributed by atoms with Gasteiger partial charge in [0.05, 0.1) is 16.8 Å². The van der Waals surface area contributed by atoms with E-state index in [1.54, 1.807) is 6.07 Å². The Kier molecular flexibility index (Phi) is 2.80. The van der Waals surface area contributed by atoms with Gasteiger partial charge in [0.25, 0.3) is 0 Å². The third kappa shape index (κ3) is 2.16. The highest BCUT2D eigenvalue weighted by Crippen LogP contribution is 2.28. The maximum absolute atomic E-state index is 12.3. The normalized spacial score (nSPS) is 22.3. The number of nitrogen functional groups attached to an aromatic ring is 1. The number of hydrogen-bond donors (Lipinski definition) is 1. The van der Waals surface area contributed by atoms with Crippen molar-refractivity contribution in [3.63, 3.8) is 0 Å². The van der Waals surface area contributed by atoms with Gasteiger partial charge < -0.3 is 10.2 Å². The van der Waals surface area contributed by atoms with E-state index < -0.39 is 30.1 Å². The van der Waals surface area contributed by atoms with Crippen LogP contribution in [0.5, 0.6) is 0 Å². The third-order valence-corrected chi connectivity index (χ3v) is 7.19. The molecule has 1 saturated heterocycles. The van der Waals surface area contributed by atoms with Crippen molar-refractivity contribution in [2.75, 3.05) is 17.2 Å². The number of nitrogens with two attached hydrogens (primary N) is 1. The largest absolute Gasteiger partial charge is 0.428 e. The first-order valence-electron chi connectivity index (χ1n) is 5.88. The van der Waals surface area contributed by atoms with Gasteiger partial charge in [-0.3, -0.25) is 0 Å². The van der Waals surface area contributed by atoms with Gasteiger partial charge in [-0.2, -0.15) is 4.98 Å². The van der Waals surface area contributed by atoms with Crippen LogP contribution in [0.15, 0.2) is 27.8 Å². The van der Waals surface area contributed by atoms with E-state index in [0.717, 1.165) is 0 Å². The van der Waals surface area contributed by atoms with Gasteiger partial charge in [-0.25, -0.2) is 16.8 Å². The molecule has 0 saturated carbocycles. The molecule has 7 nitrogen and oxygen atoms in total. The molecule has 1 aromatic heterocycles. The molecule has 0 amide bonds. The van der Waals surface area contributed by atoms with Gasteiger partial charge in [0.1, 0.15) is 5.52 Å². The molecule has 0 spiro atoms. The van der Waals surface area contributed by atoms with E-state index in [1.165, 1.54) is 12.1 Å². The summed E-state index contributed by atoms with van der Waals surface area (Å²) in [5.74, 6) is -0.500. The molecule has 1 aliphatic heterocycles. The number of anilines is 1. The van der Waals surface area contributed by atoms with Crippen molar-refractivity contribution < 1.29 is 21.3 Å². The lowest BCUT2D eigenvalue weighted by molar-refractivity contribution is 0.454. The average Bonchev–Trinajstić information content (AvgIpc) is 2.92. The predicted octanol–water partition coefficient (Wildman–Crippen LogP) is 0.371. The van der Waals surface area contributed by atoms with E-state index in [2.05, 4.69) is 4.98 Å². The Morgan fingerprint density at radius 2 is 2.10 bits per heavy atom. The zero-order valence-electron chi connectivity index (χ0n) is 10.3. The summed E-state index contributed by atoms with van der Waals surface area (Å²) in [5, 5.41) is -1.43. The summed E-state index contributed by atoms with van der Waals surface area (Å²) >= 11 is 0. The number of oxazole rings is 1. The highest BCUT2D eigenvalue weighted by molar-refractivity contribution is 7.96. The second-order valence-electron chi connectivity index (χ2n) is 4.78. The van der Waals surface area contributed by atoms with Crippen LogP contribution < -0.4 is 5.73 Å². The van der Waals surface area contributed by atoms with Crippen molar-refractivity contribution in [3.8, 4) is 0 Å². The second kappa shape index (κ2) is 4.19. The summed E-state index contributed by atoms with van der Waals surface area (Å²) in [6.45, 7) is 0. The highest BCUT2D eigenvalue weighted by atomic mass is 32.2. The minimum Gasteiger partial charge on any atom is -0.428 e. The summed E-state index contributed by atoms with van der Waals surface area (Å²) in [6.07, 6.45) is 0.0749. The predicted molar refractivity (Wildman–Crippen MR) is 72.7 cm³/mol. The zero-order valence-corrected chi connectivity index (χ0v) is 11.9. The molecule has 1 unspecified atom stereocenters. The molecule has 2 heterocycles. The molecular formula is C11H12N2O5S2. The number of nitrogens with zero attached hydrogens (tertiary/aromatic N) is 1. The van der Waals surface area contributed by atoms with Gasteiger partial charge in [0.2, 0.25) is 9.84 Å². The highest BCUT2D eigenvalue weighted by Gasteiger charge is 2.40. The first kappa shape index (κ1) is 13.4. The molecule has 2 aromatic rings. The van der Waals surface area contributed by atoms with E-state index in [0.29, 0.717) is 16.8 Å². The lowest BCUT2D eigenvalue weighted by Crippen LogP contribution is -2.22. The van der Waals surface area contributed by atoms with Crippen LogP contribution >= 0.6 is 0 Å². The molecule has 1 aromatic carbocycles. The molecule has 9 heteroatoms. The van der Waals surface area contributed by atoms with Crippen molar-refractivity contribution in [1.29, 1.82) is 0 Å². The number of fused-ring (bicyclic) bond motifs is 1. The quantitative estimate of drug-likeness (QED) is 0.794. The van der Waals surface area contributed by atoms with Gasteiger partial charge in [0.15, 0.2) is 15.4 Å². The molecule has 108 valence electrons. The number of aromatic nitrogens is 1. The number of hydrogen-bond acceptors (Lipinski definition) is 7. The molecule has 3 rings (SSSR count). The van der Waals surface area contributed by atoms with Crippen molar-refractivity contribution in [2.24, 2.45) is 0 Å². The van der Waals surface area contributed by atoms with Crippen LogP contribution in [0, 0.1) is 0 Å². The first-order valence-corrected chi connectivity index (χ1v) is 9.25. The first-order chi connectivity index (χ1) is 9.28. The molecule has 0 aliphatic carbocycles. The van der Waals surface area contributed by atoms with Gasteiger partial charge >= 0.3 is 5.22 Å². The van der Waals surface area contributed by atoms with E-state index >= 15 is 0 Å². The zero-order chi connectivity index (χ0) is 14.5. The Morgan fingerprint density at radius 1 is 1.35 bits per heavy atom. The molecule has 1 atom stereocenters. The third-order valence-electron chi connectivity index (χ3n) is 3.26. The van der Waals surface area contributed by atoms with Crippen molar-refractivity contribution in [2.45, 2.75) is 16.9 Å². The average molecular weight is 316 g/mol. The van der Waals surface area contributed by atoms with Crippen LogP contribution in [0.4, 0.5) is 5.69 Å². The summed E-state index contributed by atoms with van der Waals surface area (Å²) in [6, 6.07) is 4.61. The maximum atomic E-state index is 12.3. The molecule has 0 radical (unpaired) electrons. The Bertz CT molecular complexity index is 883. The molecule has 1 aliphatic rings. The number of rotatable bonds is 2. The van der Waals surface area contributed by atoms with Crippen molar-refractivity contribution in [1.82, 2.24) is 4.98 Å². The van der Waals surface area contributed by atoms with E-state index in [1.807, 2.05) is 0 Å². The fourth-order valence-electron chi connectivity index (χ4n) is 2.19. The van der Waals surface area contributed by atoms with Gasteiger partial charge in [-0.15, -0.1) is 0 Å². The lowest BCUT2D eigenvalue weighted by atomic mass is 10.3.